The number of nitrogens with one attached hydrogen (secondary N) is 1. The van der Waals surface area contributed by atoms with E-state index in [0.29, 0.717) is 12.5 Å². The first-order valence-electron chi connectivity index (χ1n) is 6.09. The monoisotopic (exact) mass is 255 g/mol. The predicted octanol–water partition coefficient (Wildman–Crippen LogP) is 2.94. The van der Waals surface area contributed by atoms with Gasteiger partial charge in [-0.3, -0.25) is 0 Å². The van der Waals surface area contributed by atoms with Crippen molar-refractivity contribution in [3.63, 3.8) is 0 Å². The standard InChI is InChI=1S/C13H22ClN3/c1-5-10(2)9-17(4)13-7-6-11(14)12(16-13)8-15-3/h6-7,10,15H,5,8-9H2,1-4H3. The van der Waals surface area contributed by atoms with Crippen molar-refractivity contribution in [2.45, 2.75) is 26.8 Å². The summed E-state index contributed by atoms with van der Waals surface area (Å²) in [6.07, 6.45) is 1.18. The van der Waals surface area contributed by atoms with Crippen molar-refractivity contribution < 1.29 is 0 Å². The van der Waals surface area contributed by atoms with E-state index in [9.17, 15) is 0 Å². The molecule has 96 valence electrons. The molecule has 0 radical (unpaired) electrons. The molecule has 0 aromatic carbocycles. The highest BCUT2D eigenvalue weighted by molar-refractivity contribution is 6.31. The average Bonchev–Trinajstić information content (AvgIpc) is 2.32. The van der Waals surface area contributed by atoms with Crippen LogP contribution in [0, 0.1) is 5.92 Å². The second-order valence-corrected chi connectivity index (χ2v) is 4.93. The molecule has 0 amide bonds. The molecule has 0 saturated heterocycles. The molecule has 3 nitrogen and oxygen atoms in total. The molecule has 0 aliphatic heterocycles. The molecule has 0 fully saturated rings. The lowest BCUT2D eigenvalue weighted by atomic mass is 10.1. The summed E-state index contributed by atoms with van der Waals surface area (Å²) >= 11 is 6.09. The predicted molar refractivity (Wildman–Crippen MR) is 74.7 cm³/mol. The van der Waals surface area contributed by atoms with Crippen molar-refractivity contribution in [3.8, 4) is 0 Å². The van der Waals surface area contributed by atoms with Gasteiger partial charge in [-0.2, -0.15) is 0 Å². The van der Waals surface area contributed by atoms with Gasteiger partial charge in [0.1, 0.15) is 5.82 Å². The van der Waals surface area contributed by atoms with Gasteiger partial charge in [-0.15, -0.1) is 0 Å². The van der Waals surface area contributed by atoms with Gasteiger partial charge in [-0.05, 0) is 25.1 Å². The number of hydrogen-bond acceptors (Lipinski definition) is 3. The van der Waals surface area contributed by atoms with Crippen LogP contribution in [-0.4, -0.2) is 25.6 Å². The Labute approximate surface area is 109 Å². The smallest absolute Gasteiger partial charge is 0.128 e. The Balaban J connectivity index is 2.79. The molecule has 1 aromatic heterocycles. The number of pyridine rings is 1. The fourth-order valence-electron chi connectivity index (χ4n) is 1.67. The fourth-order valence-corrected chi connectivity index (χ4v) is 1.84. The van der Waals surface area contributed by atoms with Gasteiger partial charge >= 0.3 is 0 Å². The number of rotatable bonds is 6. The molecule has 0 aliphatic rings. The van der Waals surface area contributed by atoms with E-state index >= 15 is 0 Å². The lowest BCUT2D eigenvalue weighted by Gasteiger charge is -2.22. The van der Waals surface area contributed by atoms with Crippen LogP contribution >= 0.6 is 11.6 Å². The number of aromatic nitrogens is 1. The third-order valence-corrected chi connectivity index (χ3v) is 3.27. The van der Waals surface area contributed by atoms with Gasteiger partial charge in [0.25, 0.3) is 0 Å². The molecule has 0 bridgehead atoms. The van der Waals surface area contributed by atoms with Crippen LogP contribution < -0.4 is 10.2 Å². The first-order chi connectivity index (χ1) is 8.08. The Hall–Kier alpha value is -0.800. The number of nitrogens with zero attached hydrogens (tertiary/aromatic N) is 2. The maximum absolute atomic E-state index is 6.09. The van der Waals surface area contributed by atoms with Crippen LogP contribution in [0.5, 0.6) is 0 Å². The van der Waals surface area contributed by atoms with Gasteiger partial charge in [-0.1, -0.05) is 31.9 Å². The quantitative estimate of drug-likeness (QED) is 0.847. The van der Waals surface area contributed by atoms with E-state index in [0.717, 1.165) is 23.1 Å². The molecule has 4 heteroatoms. The molecule has 1 heterocycles. The van der Waals surface area contributed by atoms with Crippen LogP contribution in [0.25, 0.3) is 0 Å². The van der Waals surface area contributed by atoms with Gasteiger partial charge in [0.15, 0.2) is 0 Å². The van der Waals surface area contributed by atoms with Gasteiger partial charge in [0.2, 0.25) is 0 Å². The highest BCUT2D eigenvalue weighted by Crippen LogP contribution is 2.19. The van der Waals surface area contributed by atoms with Gasteiger partial charge in [0, 0.05) is 20.1 Å². The normalized spacial score (nSPS) is 12.5. The fraction of sp³-hybridized carbons (Fsp3) is 0.615. The zero-order chi connectivity index (χ0) is 12.8. The topological polar surface area (TPSA) is 28.2 Å². The maximum Gasteiger partial charge on any atom is 0.128 e. The summed E-state index contributed by atoms with van der Waals surface area (Å²) in [5.74, 6) is 1.66. The molecule has 1 N–H and O–H groups in total. The Kier molecular flexibility index (Phi) is 5.72. The number of anilines is 1. The van der Waals surface area contributed by atoms with Gasteiger partial charge in [0.05, 0.1) is 10.7 Å². The molecule has 17 heavy (non-hydrogen) atoms. The average molecular weight is 256 g/mol. The Bertz CT molecular complexity index is 355. The molecule has 1 atom stereocenters. The minimum absolute atomic E-state index is 0.672. The van der Waals surface area contributed by atoms with Crippen LogP contribution in [0.1, 0.15) is 26.0 Å². The highest BCUT2D eigenvalue weighted by atomic mass is 35.5. The van der Waals surface area contributed by atoms with E-state index in [1.54, 1.807) is 0 Å². The lowest BCUT2D eigenvalue weighted by Crippen LogP contribution is -2.25. The second-order valence-electron chi connectivity index (χ2n) is 4.52. The third-order valence-electron chi connectivity index (χ3n) is 2.92. The van der Waals surface area contributed by atoms with E-state index in [1.165, 1.54) is 6.42 Å². The summed E-state index contributed by atoms with van der Waals surface area (Å²) in [5, 5.41) is 3.80. The molecule has 1 unspecified atom stereocenters. The minimum Gasteiger partial charge on any atom is -0.359 e. The molecular formula is C13H22ClN3. The van der Waals surface area contributed by atoms with Crippen molar-refractivity contribution in [2.24, 2.45) is 5.92 Å². The van der Waals surface area contributed by atoms with Crippen LogP contribution in [0.2, 0.25) is 5.02 Å². The second kappa shape index (κ2) is 6.82. The maximum atomic E-state index is 6.09. The summed E-state index contributed by atoms with van der Waals surface area (Å²) in [6, 6.07) is 3.90. The Morgan fingerprint density at radius 3 is 2.76 bits per heavy atom. The summed E-state index contributed by atoms with van der Waals surface area (Å²) in [5.41, 5.74) is 0.905. The van der Waals surface area contributed by atoms with Crippen LogP contribution in [-0.2, 0) is 6.54 Å². The summed E-state index contributed by atoms with van der Waals surface area (Å²) in [4.78, 5) is 6.76. The summed E-state index contributed by atoms with van der Waals surface area (Å²) < 4.78 is 0. The largest absolute Gasteiger partial charge is 0.359 e. The van der Waals surface area contributed by atoms with Crippen LogP contribution in [0.15, 0.2) is 12.1 Å². The molecule has 0 aliphatic carbocycles. The van der Waals surface area contributed by atoms with Crippen molar-refractivity contribution in [1.82, 2.24) is 10.3 Å². The third kappa shape index (κ3) is 4.17. The molecule has 0 saturated carbocycles. The van der Waals surface area contributed by atoms with E-state index in [-0.39, 0.29) is 0 Å². The lowest BCUT2D eigenvalue weighted by molar-refractivity contribution is 0.557. The summed E-state index contributed by atoms with van der Waals surface area (Å²) in [6.45, 7) is 6.18. The van der Waals surface area contributed by atoms with Crippen LogP contribution in [0.3, 0.4) is 0 Å². The van der Waals surface area contributed by atoms with E-state index in [2.05, 4.69) is 36.1 Å². The number of hydrogen-bond donors (Lipinski definition) is 1. The first kappa shape index (κ1) is 14.3. The first-order valence-corrected chi connectivity index (χ1v) is 6.47. The molecule has 1 rings (SSSR count). The minimum atomic E-state index is 0.672. The summed E-state index contributed by atoms with van der Waals surface area (Å²) in [7, 11) is 3.97. The molecular weight excluding hydrogens is 234 g/mol. The van der Waals surface area contributed by atoms with Crippen LogP contribution in [0.4, 0.5) is 5.82 Å². The zero-order valence-corrected chi connectivity index (χ0v) is 11.9. The van der Waals surface area contributed by atoms with E-state index in [4.69, 9.17) is 11.6 Å². The molecule has 0 spiro atoms. The van der Waals surface area contributed by atoms with Crippen molar-refractivity contribution in [3.05, 3.63) is 22.8 Å². The van der Waals surface area contributed by atoms with E-state index < -0.39 is 0 Å². The van der Waals surface area contributed by atoms with Crippen molar-refractivity contribution in [1.29, 1.82) is 0 Å². The van der Waals surface area contributed by atoms with Crippen molar-refractivity contribution >= 4 is 17.4 Å². The SMILES string of the molecule is CCC(C)CN(C)c1ccc(Cl)c(CNC)n1. The highest BCUT2D eigenvalue weighted by Gasteiger charge is 2.09. The van der Waals surface area contributed by atoms with Crippen molar-refractivity contribution in [2.75, 3.05) is 25.5 Å². The zero-order valence-electron chi connectivity index (χ0n) is 11.1. The van der Waals surface area contributed by atoms with E-state index in [1.807, 2.05) is 19.2 Å². The van der Waals surface area contributed by atoms with Gasteiger partial charge < -0.3 is 10.2 Å². The molecule has 1 aromatic rings. The Morgan fingerprint density at radius 1 is 1.47 bits per heavy atom. The Morgan fingerprint density at radius 2 is 2.18 bits per heavy atom. The number of halogens is 1. The van der Waals surface area contributed by atoms with Gasteiger partial charge in [-0.25, -0.2) is 4.98 Å².